The van der Waals surface area contributed by atoms with Crippen molar-refractivity contribution < 1.29 is 22.8 Å². The number of rotatable bonds is 8. The molecule has 2 heterocycles. The van der Waals surface area contributed by atoms with Crippen LogP contribution in [0.25, 0.3) is 5.70 Å². The van der Waals surface area contributed by atoms with Crippen LogP contribution < -0.4 is 27.6 Å². The first-order valence-corrected chi connectivity index (χ1v) is 14.2. The van der Waals surface area contributed by atoms with Gasteiger partial charge in [-0.3, -0.25) is 28.9 Å². The summed E-state index contributed by atoms with van der Waals surface area (Å²) in [5, 5.41) is 4.12. The first-order valence-electron chi connectivity index (χ1n) is 12.2. The third kappa shape index (κ3) is 10.7. The number of hydrogen-bond acceptors (Lipinski definition) is 9. The maximum atomic E-state index is 13.5. The molecule has 2 amide bonds. The predicted molar refractivity (Wildman–Crippen MR) is 161 cm³/mol. The zero-order chi connectivity index (χ0) is 30.5. The Bertz CT molecular complexity index is 1310. The van der Waals surface area contributed by atoms with E-state index in [0.29, 0.717) is 36.4 Å². The predicted octanol–water partition coefficient (Wildman–Crippen LogP) is 4.86. The number of anilines is 2. The van der Waals surface area contributed by atoms with Gasteiger partial charge in [-0.25, -0.2) is 14.6 Å². The summed E-state index contributed by atoms with van der Waals surface area (Å²) in [5.74, 6) is 7.35. The van der Waals surface area contributed by atoms with Gasteiger partial charge < -0.3 is 16.8 Å². The fourth-order valence-electron chi connectivity index (χ4n) is 3.72. The van der Waals surface area contributed by atoms with Gasteiger partial charge in [-0.2, -0.15) is 0 Å². The van der Waals surface area contributed by atoms with Gasteiger partial charge in [-0.15, -0.1) is 23.1 Å². The zero-order valence-electron chi connectivity index (χ0n) is 22.9. The minimum atomic E-state index is -2.63. The van der Waals surface area contributed by atoms with E-state index in [0.717, 1.165) is 34.2 Å². The number of thioether (sulfide) groups is 1. The maximum Gasteiger partial charge on any atom is 0.263 e. The van der Waals surface area contributed by atoms with Gasteiger partial charge in [0.2, 0.25) is 5.91 Å². The number of aromatic nitrogens is 1. The van der Waals surface area contributed by atoms with Gasteiger partial charge >= 0.3 is 0 Å². The van der Waals surface area contributed by atoms with Crippen LogP contribution >= 0.6 is 23.1 Å². The highest BCUT2D eigenvalue weighted by molar-refractivity contribution is 7.99. The molecule has 1 aliphatic heterocycles. The molecule has 1 saturated heterocycles. The number of nitrogens with one attached hydrogen (secondary N) is 1. The molecule has 0 unspecified atom stereocenters. The first kappa shape index (κ1) is 33.6. The highest BCUT2D eigenvalue weighted by atomic mass is 32.2. The number of hydrazine groups is 1. The van der Waals surface area contributed by atoms with Crippen LogP contribution in [0.5, 0.6) is 0 Å². The third-order valence-electron chi connectivity index (χ3n) is 5.50. The Balaban J connectivity index is 0.000000902. The molecule has 0 spiro atoms. The van der Waals surface area contributed by atoms with Gasteiger partial charge in [0, 0.05) is 60.9 Å². The smallest absolute Gasteiger partial charge is 0.263 e. The van der Waals surface area contributed by atoms with E-state index in [9.17, 15) is 22.8 Å². The summed E-state index contributed by atoms with van der Waals surface area (Å²) >= 11 is 3.20. The first-order chi connectivity index (χ1) is 19.5. The number of nitrogens with two attached hydrogens (primary N) is 3. The minimum absolute atomic E-state index is 0.119. The van der Waals surface area contributed by atoms with E-state index in [-0.39, 0.29) is 11.5 Å². The molecule has 0 radical (unpaired) electrons. The van der Waals surface area contributed by atoms with E-state index in [1.807, 2.05) is 18.7 Å². The Morgan fingerprint density at radius 3 is 2.49 bits per heavy atom. The summed E-state index contributed by atoms with van der Waals surface area (Å²) in [6, 6.07) is 9.63. The molecular formula is C27H34F3N7O2S2. The molecule has 41 heavy (non-hydrogen) atoms. The van der Waals surface area contributed by atoms with Crippen molar-refractivity contribution in [3.8, 4) is 0 Å². The quantitative estimate of drug-likeness (QED) is 0.209. The van der Waals surface area contributed by atoms with Crippen molar-refractivity contribution in [1.29, 1.82) is 0 Å². The molecule has 0 aliphatic carbocycles. The summed E-state index contributed by atoms with van der Waals surface area (Å²) < 4.78 is 36.5. The number of carbonyl (C=O) groups excluding carboxylic acids is 2. The van der Waals surface area contributed by atoms with Crippen LogP contribution in [0.1, 0.15) is 45.3 Å². The molecule has 1 aromatic heterocycles. The van der Waals surface area contributed by atoms with Crippen LogP contribution in [0.15, 0.2) is 54.3 Å². The van der Waals surface area contributed by atoms with E-state index in [1.165, 1.54) is 35.4 Å². The normalized spacial score (nSPS) is 13.1. The standard InChI is InChI=1S/C24H26F2N6OS2.C2H5NO.CH3F/c1-15-2-3-17(9-21(15)32(28)12-20(27)22-10-29-13-35-22)24(33)30-19-7-16(6-18(8-19)23(25)26)11-31-4-5-34-14-31;1-2(3)4;1-2/h2-3,6-10,12-13,23H,4-5,11,14,27-28H2,1H3,(H,30,33);1H3,(H2,3,4);1H3/b20-12-;;. The maximum absolute atomic E-state index is 13.5. The Morgan fingerprint density at radius 1 is 1.20 bits per heavy atom. The molecule has 1 fully saturated rings. The highest BCUT2D eigenvalue weighted by Crippen LogP contribution is 2.27. The molecule has 14 heteroatoms. The fraction of sp³-hybridized carbons (Fsp3) is 0.296. The second-order valence-corrected chi connectivity index (χ2v) is 10.7. The van der Waals surface area contributed by atoms with Crippen LogP contribution in [-0.2, 0) is 11.3 Å². The molecule has 2 aromatic carbocycles. The summed E-state index contributed by atoms with van der Waals surface area (Å²) in [5.41, 5.74) is 15.4. The van der Waals surface area contributed by atoms with Gasteiger partial charge in [0.25, 0.3) is 12.3 Å². The average Bonchev–Trinajstić information content (AvgIpc) is 3.64. The van der Waals surface area contributed by atoms with Crippen LogP contribution in [0.4, 0.5) is 24.5 Å². The van der Waals surface area contributed by atoms with E-state index in [1.54, 1.807) is 42.2 Å². The van der Waals surface area contributed by atoms with E-state index < -0.39 is 12.3 Å². The molecule has 4 rings (SSSR count). The molecule has 0 atom stereocenters. The number of thiazole rings is 1. The van der Waals surface area contributed by atoms with E-state index in [4.69, 9.17) is 11.6 Å². The van der Waals surface area contributed by atoms with Crippen LogP contribution in [0.2, 0.25) is 0 Å². The summed E-state index contributed by atoms with van der Waals surface area (Å²) in [7, 11) is 0.500. The largest absolute Gasteiger partial charge is 0.396 e. The lowest BCUT2D eigenvalue weighted by molar-refractivity contribution is -0.115. The summed E-state index contributed by atoms with van der Waals surface area (Å²) in [6.45, 7) is 4.64. The molecule has 0 bridgehead atoms. The van der Waals surface area contributed by atoms with Gasteiger partial charge in [-0.1, -0.05) is 6.07 Å². The lowest BCUT2D eigenvalue weighted by Crippen LogP contribution is -2.27. The number of benzene rings is 2. The number of aryl methyl sites for hydroxylation is 1. The Hall–Kier alpha value is -3.59. The van der Waals surface area contributed by atoms with Crippen molar-refractivity contribution in [3.63, 3.8) is 0 Å². The molecule has 222 valence electrons. The topological polar surface area (TPSA) is 144 Å². The second kappa shape index (κ2) is 16.6. The number of amides is 2. The Morgan fingerprint density at radius 2 is 1.90 bits per heavy atom. The lowest BCUT2D eigenvalue weighted by Gasteiger charge is -2.19. The number of hydrogen-bond donors (Lipinski definition) is 4. The lowest BCUT2D eigenvalue weighted by atomic mass is 10.1. The van der Waals surface area contributed by atoms with E-state index >= 15 is 0 Å². The number of primary amides is 1. The van der Waals surface area contributed by atoms with Crippen LogP contribution in [0.3, 0.4) is 0 Å². The molecule has 7 N–H and O–H groups in total. The monoisotopic (exact) mass is 609 g/mol. The molecule has 1 aliphatic rings. The SMILES string of the molecule is CC(N)=O.CF.Cc1ccc(C(=O)Nc2cc(CN3CCSC3)cc(C(F)F)c2)cc1N(N)/C=C(\N)c1cncs1. The fourth-order valence-corrected chi connectivity index (χ4v) is 5.26. The molecule has 9 nitrogen and oxygen atoms in total. The number of alkyl halides is 3. The summed E-state index contributed by atoms with van der Waals surface area (Å²) in [4.78, 5) is 29.2. The molecule has 0 saturated carbocycles. The number of nitrogens with zero attached hydrogens (tertiary/aromatic N) is 3. The van der Waals surface area contributed by atoms with Gasteiger partial charge in [0.15, 0.2) is 0 Å². The van der Waals surface area contributed by atoms with Crippen molar-refractivity contribution in [1.82, 2.24) is 9.88 Å². The van der Waals surface area contributed by atoms with Crippen molar-refractivity contribution in [2.75, 3.05) is 35.7 Å². The van der Waals surface area contributed by atoms with Gasteiger partial charge in [-0.05, 0) is 48.4 Å². The zero-order valence-corrected chi connectivity index (χ0v) is 24.6. The van der Waals surface area contributed by atoms with E-state index in [2.05, 4.69) is 20.9 Å². The van der Waals surface area contributed by atoms with Crippen LogP contribution in [-0.4, -0.2) is 47.1 Å². The summed E-state index contributed by atoms with van der Waals surface area (Å²) in [6.07, 6.45) is 0.573. The van der Waals surface area contributed by atoms with Crippen molar-refractivity contribution in [2.24, 2.45) is 17.3 Å². The molecular weight excluding hydrogens is 575 g/mol. The number of halogens is 3. The van der Waals surface area contributed by atoms with Crippen molar-refractivity contribution in [2.45, 2.75) is 26.8 Å². The Labute approximate surface area is 245 Å². The number of carbonyl (C=O) groups is 2. The van der Waals surface area contributed by atoms with Gasteiger partial charge in [0.1, 0.15) is 0 Å². The minimum Gasteiger partial charge on any atom is -0.396 e. The van der Waals surface area contributed by atoms with Crippen LogP contribution in [0, 0.1) is 6.92 Å². The molecule has 3 aromatic rings. The second-order valence-electron chi connectivity index (χ2n) is 8.78. The Kier molecular flexibility index (Phi) is 13.6. The average molecular weight is 610 g/mol. The highest BCUT2D eigenvalue weighted by Gasteiger charge is 2.17. The van der Waals surface area contributed by atoms with Crippen molar-refractivity contribution >= 4 is 52.0 Å². The van der Waals surface area contributed by atoms with Gasteiger partial charge in [0.05, 0.1) is 28.9 Å². The van der Waals surface area contributed by atoms with Crippen molar-refractivity contribution in [3.05, 3.63) is 81.4 Å². The third-order valence-corrected chi connectivity index (χ3v) is 7.34.